The zero-order valence-electron chi connectivity index (χ0n) is 14.7. The van der Waals surface area contributed by atoms with Crippen LogP contribution in [0.25, 0.3) is 0 Å². The molecule has 0 amide bonds. The molecular formula is C15H30NO5P. The molecule has 0 heterocycles. The molecule has 0 bridgehead atoms. The van der Waals surface area contributed by atoms with Crippen LogP contribution in [0.3, 0.4) is 0 Å². The maximum absolute atomic E-state index is 12.7. The van der Waals surface area contributed by atoms with Crippen LogP contribution in [0.2, 0.25) is 0 Å². The normalized spacial score (nSPS) is 12.5. The van der Waals surface area contributed by atoms with Crippen molar-refractivity contribution in [2.24, 2.45) is 0 Å². The van der Waals surface area contributed by atoms with Gasteiger partial charge in [-0.25, -0.2) is 4.79 Å². The molecule has 6 nitrogen and oxygen atoms in total. The first-order valence-electron chi connectivity index (χ1n) is 7.51. The first kappa shape index (κ1) is 21.3. The second-order valence-electron chi connectivity index (χ2n) is 5.94. The molecule has 0 atom stereocenters. The molecule has 0 aromatic carbocycles. The lowest BCUT2D eigenvalue weighted by molar-refractivity contribution is -0.139. The fourth-order valence-corrected chi connectivity index (χ4v) is 3.72. The Morgan fingerprint density at radius 1 is 1.18 bits per heavy atom. The van der Waals surface area contributed by atoms with Crippen molar-refractivity contribution in [1.29, 1.82) is 0 Å². The molecule has 0 spiro atoms. The summed E-state index contributed by atoms with van der Waals surface area (Å²) in [4.78, 5) is 13.4. The zero-order chi connectivity index (χ0) is 17.4. The number of hydrogen-bond donors (Lipinski definition) is 0. The Bertz CT molecular complexity index is 407. The SMILES string of the molecule is C=C(C)C(=O)OCCN(CP(=O)(OCC)OCC)C(C)(C)C. The minimum atomic E-state index is -3.19. The van der Waals surface area contributed by atoms with E-state index >= 15 is 0 Å². The Morgan fingerprint density at radius 2 is 1.68 bits per heavy atom. The lowest BCUT2D eigenvalue weighted by atomic mass is 10.1. The lowest BCUT2D eigenvalue weighted by Crippen LogP contribution is -2.44. The van der Waals surface area contributed by atoms with Crippen molar-refractivity contribution in [3.05, 3.63) is 12.2 Å². The van der Waals surface area contributed by atoms with Crippen LogP contribution >= 0.6 is 7.60 Å². The van der Waals surface area contributed by atoms with Crippen LogP contribution in [-0.4, -0.2) is 49.1 Å². The van der Waals surface area contributed by atoms with Crippen molar-refractivity contribution in [3.63, 3.8) is 0 Å². The smallest absolute Gasteiger partial charge is 0.344 e. The molecule has 22 heavy (non-hydrogen) atoms. The molecule has 0 aliphatic heterocycles. The van der Waals surface area contributed by atoms with Crippen molar-refractivity contribution in [1.82, 2.24) is 4.90 Å². The van der Waals surface area contributed by atoms with Gasteiger partial charge in [-0.15, -0.1) is 0 Å². The molecule has 0 radical (unpaired) electrons. The van der Waals surface area contributed by atoms with Gasteiger partial charge in [-0.1, -0.05) is 6.58 Å². The van der Waals surface area contributed by atoms with Crippen LogP contribution in [0.4, 0.5) is 0 Å². The number of carbonyl (C=O) groups is 1. The lowest BCUT2D eigenvalue weighted by Gasteiger charge is -2.37. The van der Waals surface area contributed by atoms with Gasteiger partial charge in [0.05, 0.1) is 13.2 Å². The maximum atomic E-state index is 12.7. The van der Waals surface area contributed by atoms with Crippen molar-refractivity contribution in [3.8, 4) is 0 Å². The molecule has 0 saturated carbocycles. The summed E-state index contributed by atoms with van der Waals surface area (Å²) in [5.74, 6) is -0.424. The van der Waals surface area contributed by atoms with Crippen molar-refractivity contribution in [2.75, 3.05) is 32.7 Å². The van der Waals surface area contributed by atoms with Gasteiger partial charge in [0.25, 0.3) is 0 Å². The monoisotopic (exact) mass is 335 g/mol. The summed E-state index contributed by atoms with van der Waals surface area (Å²) in [6.07, 6.45) is 0.156. The zero-order valence-corrected chi connectivity index (χ0v) is 15.6. The van der Waals surface area contributed by atoms with Crippen LogP contribution < -0.4 is 0 Å². The van der Waals surface area contributed by atoms with E-state index in [9.17, 15) is 9.36 Å². The van der Waals surface area contributed by atoms with E-state index in [1.165, 1.54) is 0 Å². The molecule has 0 saturated heterocycles. The standard InChI is InChI=1S/C15H30NO5P/c1-8-20-22(18,21-9-2)12-16(15(5,6)7)10-11-19-14(17)13(3)4/h3,8-12H2,1-2,4-7H3. The molecule has 0 aromatic heterocycles. The van der Waals surface area contributed by atoms with Crippen LogP contribution in [0.5, 0.6) is 0 Å². The third-order valence-electron chi connectivity index (χ3n) is 2.89. The van der Waals surface area contributed by atoms with Gasteiger partial charge in [0.15, 0.2) is 0 Å². The molecule has 0 rings (SSSR count). The number of nitrogens with zero attached hydrogens (tertiary/aromatic N) is 1. The molecule has 0 fully saturated rings. The highest BCUT2D eigenvalue weighted by atomic mass is 31.2. The topological polar surface area (TPSA) is 65.1 Å². The third-order valence-corrected chi connectivity index (χ3v) is 4.88. The van der Waals surface area contributed by atoms with E-state index in [0.29, 0.717) is 25.3 Å². The molecule has 0 N–H and O–H groups in total. The first-order valence-corrected chi connectivity index (χ1v) is 9.24. The summed E-state index contributed by atoms with van der Waals surface area (Å²) in [6, 6.07) is 0. The summed E-state index contributed by atoms with van der Waals surface area (Å²) < 4.78 is 28.4. The van der Waals surface area contributed by atoms with Gasteiger partial charge >= 0.3 is 13.6 Å². The molecule has 0 aromatic rings. The quantitative estimate of drug-likeness (QED) is 0.346. The fourth-order valence-electron chi connectivity index (χ4n) is 1.71. The molecular weight excluding hydrogens is 305 g/mol. The van der Waals surface area contributed by atoms with Gasteiger partial charge in [-0.3, -0.25) is 9.46 Å². The van der Waals surface area contributed by atoms with Gasteiger partial charge in [0.2, 0.25) is 0 Å². The van der Waals surface area contributed by atoms with Crippen LogP contribution in [0, 0.1) is 0 Å². The largest absolute Gasteiger partial charge is 0.461 e. The second-order valence-corrected chi connectivity index (χ2v) is 7.96. The van der Waals surface area contributed by atoms with Crippen molar-refractivity contribution < 1.29 is 23.1 Å². The Labute approximate surface area is 134 Å². The summed E-state index contributed by atoms with van der Waals surface area (Å²) in [5, 5.41) is 0. The third kappa shape index (κ3) is 8.08. The second kappa shape index (κ2) is 9.46. The van der Waals surface area contributed by atoms with Crippen LogP contribution in [-0.2, 0) is 23.1 Å². The minimum absolute atomic E-state index is 0.156. The van der Waals surface area contributed by atoms with E-state index in [1.54, 1.807) is 20.8 Å². The van der Waals surface area contributed by atoms with Crippen molar-refractivity contribution >= 4 is 13.6 Å². The molecule has 0 unspecified atom stereocenters. The van der Waals surface area contributed by atoms with Crippen LogP contribution in [0.15, 0.2) is 12.2 Å². The molecule has 0 aliphatic rings. The van der Waals surface area contributed by atoms with Gasteiger partial charge in [-0.05, 0) is 41.5 Å². The maximum Gasteiger partial charge on any atom is 0.344 e. The Hall–Kier alpha value is -0.680. The summed E-state index contributed by atoms with van der Waals surface area (Å²) in [5.41, 5.74) is 0.0936. The summed E-state index contributed by atoms with van der Waals surface area (Å²) >= 11 is 0. The summed E-state index contributed by atoms with van der Waals surface area (Å²) in [7, 11) is -3.19. The van der Waals surface area contributed by atoms with Gasteiger partial charge in [0, 0.05) is 17.7 Å². The Kier molecular flexibility index (Phi) is 9.16. The average Bonchev–Trinajstić information content (AvgIpc) is 2.36. The number of esters is 1. The van der Waals surface area contributed by atoms with E-state index in [-0.39, 0.29) is 18.4 Å². The predicted molar refractivity (Wildman–Crippen MR) is 88.0 cm³/mol. The first-order chi connectivity index (χ1) is 10.1. The predicted octanol–water partition coefficient (Wildman–Crippen LogP) is 3.43. The van der Waals surface area contributed by atoms with Gasteiger partial charge < -0.3 is 13.8 Å². The van der Waals surface area contributed by atoms with E-state index in [0.717, 1.165) is 0 Å². The molecule has 0 aliphatic carbocycles. The van der Waals surface area contributed by atoms with E-state index < -0.39 is 13.6 Å². The van der Waals surface area contributed by atoms with Crippen molar-refractivity contribution in [2.45, 2.75) is 47.1 Å². The highest BCUT2D eigenvalue weighted by molar-refractivity contribution is 7.53. The number of ether oxygens (including phenoxy) is 1. The number of carbonyl (C=O) groups excluding carboxylic acids is 1. The average molecular weight is 335 g/mol. The number of hydrogen-bond acceptors (Lipinski definition) is 6. The number of rotatable bonds is 10. The fraction of sp³-hybridized carbons (Fsp3) is 0.800. The van der Waals surface area contributed by atoms with Gasteiger partial charge in [-0.2, -0.15) is 0 Å². The highest BCUT2D eigenvalue weighted by Gasteiger charge is 2.32. The van der Waals surface area contributed by atoms with E-state index in [4.69, 9.17) is 13.8 Å². The molecule has 130 valence electrons. The van der Waals surface area contributed by atoms with Crippen LogP contribution in [0.1, 0.15) is 41.5 Å². The molecule has 7 heteroatoms. The highest BCUT2D eigenvalue weighted by Crippen LogP contribution is 2.49. The summed E-state index contributed by atoms with van der Waals surface area (Å²) in [6.45, 7) is 16.0. The van der Waals surface area contributed by atoms with Gasteiger partial charge in [0.1, 0.15) is 12.9 Å². The minimum Gasteiger partial charge on any atom is -0.461 e. The van der Waals surface area contributed by atoms with E-state index in [1.807, 2.05) is 25.7 Å². The Morgan fingerprint density at radius 3 is 2.05 bits per heavy atom. The Balaban J connectivity index is 4.81. The van der Waals surface area contributed by atoms with E-state index in [2.05, 4.69) is 6.58 Å².